The maximum Gasteiger partial charge on any atom is 1.00 e. The standard InChI is InChI=1S/C4H8O3S.Na/c1-4(2)3-7-8(5)6;/h1,3H2,2H3,(H,5,6);/q;+1/p-1. The first-order valence-corrected chi connectivity index (χ1v) is 3.00. The van der Waals surface area contributed by atoms with E-state index in [-0.39, 0.29) is 36.2 Å². The summed E-state index contributed by atoms with van der Waals surface area (Å²) >= 11 is -2.40. The van der Waals surface area contributed by atoms with E-state index in [2.05, 4.69) is 10.8 Å². The second-order valence-corrected chi connectivity index (χ2v) is 2.07. The molecule has 0 aromatic carbocycles. The minimum atomic E-state index is -2.40. The molecular weight excluding hydrogens is 151 g/mol. The van der Waals surface area contributed by atoms with E-state index in [1.165, 1.54) is 0 Å². The first-order valence-electron chi connectivity index (χ1n) is 2.00. The molecule has 0 aliphatic rings. The van der Waals surface area contributed by atoms with Crippen molar-refractivity contribution >= 4 is 11.4 Å². The molecule has 0 rings (SSSR count). The molecule has 48 valence electrons. The number of rotatable bonds is 3. The summed E-state index contributed by atoms with van der Waals surface area (Å²) in [5, 5.41) is 0. The van der Waals surface area contributed by atoms with E-state index in [1.54, 1.807) is 6.92 Å². The van der Waals surface area contributed by atoms with Crippen LogP contribution in [0.3, 0.4) is 0 Å². The summed E-state index contributed by atoms with van der Waals surface area (Å²) in [6.45, 7) is 5.20. The molecule has 5 heteroatoms. The normalized spacial score (nSPS) is 11.8. The van der Waals surface area contributed by atoms with Gasteiger partial charge in [0.15, 0.2) is 0 Å². The van der Waals surface area contributed by atoms with Gasteiger partial charge < -0.3 is 4.55 Å². The fraction of sp³-hybridized carbons (Fsp3) is 0.500. The Hall–Kier alpha value is 0.810. The van der Waals surface area contributed by atoms with E-state index in [0.717, 1.165) is 0 Å². The van der Waals surface area contributed by atoms with E-state index in [4.69, 9.17) is 0 Å². The molecule has 0 fully saturated rings. The Balaban J connectivity index is 0. The summed E-state index contributed by atoms with van der Waals surface area (Å²) in [5.74, 6) is 0. The number of hydrogen-bond donors (Lipinski definition) is 0. The molecule has 1 atom stereocenters. The van der Waals surface area contributed by atoms with Gasteiger partial charge >= 0.3 is 29.6 Å². The smallest absolute Gasteiger partial charge is 0.750 e. The van der Waals surface area contributed by atoms with Crippen LogP contribution >= 0.6 is 0 Å². The van der Waals surface area contributed by atoms with Crippen LogP contribution in [0.4, 0.5) is 0 Å². The topological polar surface area (TPSA) is 49.4 Å². The molecule has 0 aliphatic heterocycles. The first-order chi connectivity index (χ1) is 3.63. The second kappa shape index (κ2) is 6.92. The van der Waals surface area contributed by atoms with Gasteiger partial charge in [-0.1, -0.05) is 12.2 Å². The molecule has 3 nitrogen and oxygen atoms in total. The van der Waals surface area contributed by atoms with Gasteiger partial charge in [0, 0.05) is 0 Å². The van der Waals surface area contributed by atoms with Gasteiger partial charge in [-0.05, 0) is 6.92 Å². The molecule has 0 radical (unpaired) electrons. The molecule has 0 saturated heterocycles. The summed E-state index contributed by atoms with van der Waals surface area (Å²) in [7, 11) is 0. The van der Waals surface area contributed by atoms with Crippen LogP contribution in [-0.4, -0.2) is 15.4 Å². The van der Waals surface area contributed by atoms with Gasteiger partial charge in [-0.3, -0.25) is 4.18 Å². The van der Waals surface area contributed by atoms with Gasteiger partial charge in [0.05, 0.1) is 18.0 Å². The van der Waals surface area contributed by atoms with Gasteiger partial charge in [0.2, 0.25) is 0 Å². The van der Waals surface area contributed by atoms with Crippen molar-refractivity contribution < 1.29 is 42.5 Å². The van der Waals surface area contributed by atoms with Crippen molar-refractivity contribution in [2.24, 2.45) is 0 Å². The predicted molar refractivity (Wildman–Crippen MR) is 29.7 cm³/mol. The zero-order chi connectivity index (χ0) is 6.57. The molecule has 0 spiro atoms. The summed E-state index contributed by atoms with van der Waals surface area (Å²) in [5.41, 5.74) is 0.689. The first kappa shape index (κ1) is 12.5. The molecule has 0 aromatic heterocycles. The minimum Gasteiger partial charge on any atom is -0.750 e. The van der Waals surface area contributed by atoms with E-state index in [1.807, 2.05) is 0 Å². The van der Waals surface area contributed by atoms with Gasteiger partial charge in [-0.15, -0.1) is 0 Å². The molecule has 0 N–H and O–H groups in total. The predicted octanol–water partition coefficient (Wildman–Crippen LogP) is -2.62. The molecule has 0 bridgehead atoms. The Bertz CT molecular complexity index is 100. The summed E-state index contributed by atoms with van der Waals surface area (Å²) < 4.78 is 23.4. The number of hydrogen-bond acceptors (Lipinski definition) is 3. The summed E-state index contributed by atoms with van der Waals surface area (Å²) in [6, 6.07) is 0. The average Bonchev–Trinajstić information content (AvgIpc) is 1.61. The van der Waals surface area contributed by atoms with E-state index >= 15 is 0 Å². The Labute approximate surface area is 79.3 Å². The SMILES string of the molecule is C=C(C)COS(=O)[O-].[Na+]. The van der Waals surface area contributed by atoms with Crippen LogP contribution < -0.4 is 29.6 Å². The van der Waals surface area contributed by atoms with Crippen molar-refractivity contribution in [1.29, 1.82) is 0 Å². The third kappa shape index (κ3) is 12.1. The molecule has 0 aromatic rings. The van der Waals surface area contributed by atoms with Crippen molar-refractivity contribution in [2.45, 2.75) is 6.92 Å². The Morgan fingerprint density at radius 1 is 1.89 bits per heavy atom. The van der Waals surface area contributed by atoms with E-state index < -0.39 is 11.4 Å². The zero-order valence-electron chi connectivity index (χ0n) is 5.55. The maximum absolute atomic E-state index is 9.64. The van der Waals surface area contributed by atoms with Crippen molar-refractivity contribution in [3.63, 3.8) is 0 Å². The molecule has 0 aliphatic carbocycles. The van der Waals surface area contributed by atoms with Crippen LogP contribution in [0.2, 0.25) is 0 Å². The zero-order valence-corrected chi connectivity index (χ0v) is 8.36. The quantitative estimate of drug-likeness (QED) is 0.256. The Morgan fingerprint density at radius 3 is 2.44 bits per heavy atom. The Morgan fingerprint density at radius 2 is 2.33 bits per heavy atom. The van der Waals surface area contributed by atoms with Crippen LogP contribution in [0, 0.1) is 0 Å². The Kier molecular flexibility index (Phi) is 9.60. The minimum absolute atomic E-state index is 0. The van der Waals surface area contributed by atoms with Gasteiger partial charge in [0.25, 0.3) is 0 Å². The van der Waals surface area contributed by atoms with Gasteiger partial charge in [0.1, 0.15) is 0 Å². The molecule has 1 unspecified atom stereocenters. The van der Waals surface area contributed by atoms with Crippen LogP contribution in [0.1, 0.15) is 6.92 Å². The van der Waals surface area contributed by atoms with E-state index in [9.17, 15) is 8.76 Å². The summed E-state index contributed by atoms with van der Waals surface area (Å²) in [4.78, 5) is 0. The van der Waals surface area contributed by atoms with E-state index in [0.29, 0.717) is 5.57 Å². The van der Waals surface area contributed by atoms with Crippen LogP contribution in [0.5, 0.6) is 0 Å². The van der Waals surface area contributed by atoms with Crippen molar-refractivity contribution in [3.8, 4) is 0 Å². The maximum atomic E-state index is 9.64. The van der Waals surface area contributed by atoms with Gasteiger partial charge in [-0.25, -0.2) is 4.21 Å². The van der Waals surface area contributed by atoms with Crippen molar-refractivity contribution in [2.75, 3.05) is 6.61 Å². The second-order valence-electron chi connectivity index (χ2n) is 1.42. The fourth-order valence-electron chi connectivity index (χ4n) is 0.149. The third-order valence-corrected chi connectivity index (χ3v) is 0.712. The van der Waals surface area contributed by atoms with Crippen molar-refractivity contribution in [1.82, 2.24) is 0 Å². The molecule has 0 saturated carbocycles. The third-order valence-electron chi connectivity index (χ3n) is 0.402. The largest absolute Gasteiger partial charge is 1.00 e. The molecule has 0 heterocycles. The molecule has 0 amide bonds. The van der Waals surface area contributed by atoms with Crippen LogP contribution in [-0.2, 0) is 15.5 Å². The summed E-state index contributed by atoms with van der Waals surface area (Å²) in [6.07, 6.45) is 0. The average molecular weight is 158 g/mol. The van der Waals surface area contributed by atoms with Crippen LogP contribution in [0.25, 0.3) is 0 Å². The molecule has 9 heavy (non-hydrogen) atoms. The van der Waals surface area contributed by atoms with Crippen molar-refractivity contribution in [3.05, 3.63) is 12.2 Å². The monoisotopic (exact) mass is 158 g/mol. The van der Waals surface area contributed by atoms with Gasteiger partial charge in [-0.2, -0.15) is 0 Å². The fourth-order valence-corrected chi connectivity index (χ4v) is 0.446. The van der Waals surface area contributed by atoms with Crippen LogP contribution in [0.15, 0.2) is 12.2 Å². The molecular formula is C4H7NaO3S.